The topological polar surface area (TPSA) is 84.9 Å². The fourth-order valence-electron chi connectivity index (χ4n) is 2.34. The molecule has 23 heavy (non-hydrogen) atoms. The van der Waals surface area contributed by atoms with Crippen LogP contribution in [0.3, 0.4) is 0 Å². The standard InChI is InChI=1S/C16H20N2O5/c1-4-22-15(20)8-11(17-2)16(21)10-5-6-13-12(7-10)18(3)14(19)9-23-13/h5-7,11,17H,4,8-9H2,1-3H3. The van der Waals surface area contributed by atoms with Crippen LogP contribution >= 0.6 is 0 Å². The molecule has 1 unspecified atom stereocenters. The molecular formula is C16H20N2O5. The molecular weight excluding hydrogens is 300 g/mol. The van der Waals surface area contributed by atoms with E-state index < -0.39 is 12.0 Å². The molecule has 1 heterocycles. The van der Waals surface area contributed by atoms with E-state index in [2.05, 4.69) is 5.32 Å². The molecule has 0 saturated heterocycles. The normalized spacial score (nSPS) is 14.7. The third-order valence-electron chi connectivity index (χ3n) is 3.67. The van der Waals surface area contributed by atoms with Gasteiger partial charge in [-0.05, 0) is 32.2 Å². The Kier molecular flexibility index (Phi) is 5.33. The fourth-order valence-corrected chi connectivity index (χ4v) is 2.34. The van der Waals surface area contributed by atoms with Gasteiger partial charge in [-0.25, -0.2) is 0 Å². The zero-order valence-corrected chi connectivity index (χ0v) is 13.4. The number of ketones is 1. The summed E-state index contributed by atoms with van der Waals surface area (Å²) in [6.45, 7) is 1.97. The van der Waals surface area contributed by atoms with E-state index in [1.807, 2.05) is 0 Å². The number of anilines is 1. The number of hydrogen-bond donors (Lipinski definition) is 1. The molecule has 0 aliphatic carbocycles. The molecule has 0 spiro atoms. The van der Waals surface area contributed by atoms with Crippen molar-refractivity contribution in [3.05, 3.63) is 23.8 Å². The highest BCUT2D eigenvalue weighted by Gasteiger charge is 2.26. The number of Topliss-reactive ketones (excluding diaryl/α,β-unsaturated/α-hetero) is 1. The van der Waals surface area contributed by atoms with Gasteiger partial charge in [0.1, 0.15) is 5.75 Å². The summed E-state index contributed by atoms with van der Waals surface area (Å²) in [5, 5.41) is 2.83. The Morgan fingerprint density at radius 1 is 1.43 bits per heavy atom. The van der Waals surface area contributed by atoms with Crippen molar-refractivity contribution in [1.29, 1.82) is 0 Å². The van der Waals surface area contributed by atoms with Crippen molar-refractivity contribution in [2.75, 3.05) is 32.2 Å². The molecule has 1 aliphatic heterocycles. The van der Waals surface area contributed by atoms with Crippen LogP contribution in [0.4, 0.5) is 5.69 Å². The smallest absolute Gasteiger partial charge is 0.307 e. The maximum Gasteiger partial charge on any atom is 0.307 e. The Morgan fingerprint density at radius 2 is 2.17 bits per heavy atom. The van der Waals surface area contributed by atoms with Crippen LogP contribution in [0.25, 0.3) is 0 Å². The second-order valence-corrected chi connectivity index (χ2v) is 5.14. The number of nitrogens with one attached hydrogen (secondary N) is 1. The van der Waals surface area contributed by atoms with Crippen LogP contribution in [-0.2, 0) is 14.3 Å². The molecule has 0 aromatic heterocycles. The second-order valence-electron chi connectivity index (χ2n) is 5.14. The van der Waals surface area contributed by atoms with Crippen molar-refractivity contribution in [2.24, 2.45) is 0 Å². The van der Waals surface area contributed by atoms with Gasteiger partial charge in [-0.1, -0.05) is 0 Å². The van der Waals surface area contributed by atoms with Crippen LogP contribution in [0.5, 0.6) is 5.75 Å². The number of rotatable bonds is 6. The van der Waals surface area contributed by atoms with Crippen LogP contribution in [0.1, 0.15) is 23.7 Å². The molecule has 1 aromatic carbocycles. The number of carbonyl (C=O) groups is 3. The van der Waals surface area contributed by atoms with E-state index in [9.17, 15) is 14.4 Å². The molecule has 124 valence electrons. The Morgan fingerprint density at radius 3 is 2.83 bits per heavy atom. The van der Waals surface area contributed by atoms with Crippen molar-refractivity contribution < 1.29 is 23.9 Å². The molecule has 1 aliphatic rings. The quantitative estimate of drug-likeness (QED) is 0.615. The highest BCUT2D eigenvalue weighted by atomic mass is 16.5. The molecule has 7 heteroatoms. The molecule has 2 rings (SSSR count). The first-order valence-corrected chi connectivity index (χ1v) is 7.38. The molecule has 0 bridgehead atoms. The number of amides is 1. The summed E-state index contributed by atoms with van der Waals surface area (Å²) >= 11 is 0. The maximum atomic E-state index is 12.6. The van der Waals surface area contributed by atoms with Crippen molar-refractivity contribution >= 4 is 23.3 Å². The Bertz CT molecular complexity index is 629. The van der Waals surface area contributed by atoms with Crippen LogP contribution in [0.2, 0.25) is 0 Å². The number of ether oxygens (including phenoxy) is 2. The minimum atomic E-state index is -0.683. The Labute approximate surface area is 134 Å². The highest BCUT2D eigenvalue weighted by Crippen LogP contribution is 2.32. The van der Waals surface area contributed by atoms with Crippen LogP contribution in [0, 0.1) is 0 Å². The van der Waals surface area contributed by atoms with Gasteiger partial charge < -0.3 is 19.7 Å². The maximum absolute atomic E-state index is 12.6. The molecule has 0 radical (unpaired) electrons. The van der Waals surface area contributed by atoms with Gasteiger partial charge >= 0.3 is 5.97 Å². The average molecular weight is 320 g/mol. The summed E-state index contributed by atoms with van der Waals surface area (Å²) in [6, 6.07) is 4.20. The number of nitrogens with zero attached hydrogens (tertiary/aromatic N) is 1. The predicted molar refractivity (Wildman–Crippen MR) is 83.8 cm³/mol. The second kappa shape index (κ2) is 7.23. The van der Waals surface area contributed by atoms with E-state index in [1.54, 1.807) is 39.2 Å². The number of carbonyl (C=O) groups excluding carboxylic acids is 3. The van der Waals surface area contributed by atoms with Crippen LogP contribution < -0.4 is 15.0 Å². The largest absolute Gasteiger partial charge is 0.482 e. The van der Waals surface area contributed by atoms with E-state index in [1.165, 1.54) is 4.90 Å². The van der Waals surface area contributed by atoms with Crippen molar-refractivity contribution in [1.82, 2.24) is 5.32 Å². The molecule has 1 atom stereocenters. The van der Waals surface area contributed by atoms with E-state index >= 15 is 0 Å². The minimum absolute atomic E-state index is 0.0151. The van der Waals surface area contributed by atoms with Crippen LogP contribution in [-0.4, -0.2) is 51.0 Å². The van der Waals surface area contributed by atoms with Crippen molar-refractivity contribution in [3.63, 3.8) is 0 Å². The number of esters is 1. The summed E-state index contributed by atoms with van der Waals surface area (Å²) in [5.41, 5.74) is 0.940. The van der Waals surface area contributed by atoms with Gasteiger partial charge in [-0.15, -0.1) is 0 Å². The highest BCUT2D eigenvalue weighted by molar-refractivity contribution is 6.04. The lowest BCUT2D eigenvalue weighted by molar-refractivity contribution is -0.143. The Balaban J connectivity index is 2.22. The Hall–Kier alpha value is -2.41. The van der Waals surface area contributed by atoms with Gasteiger partial charge in [0.15, 0.2) is 12.4 Å². The van der Waals surface area contributed by atoms with E-state index in [-0.39, 0.29) is 31.3 Å². The lowest BCUT2D eigenvalue weighted by Gasteiger charge is -2.26. The predicted octanol–water partition coefficient (Wildman–Crippen LogP) is 0.766. The summed E-state index contributed by atoms with van der Waals surface area (Å²) in [6.07, 6.45) is -0.0501. The first-order valence-electron chi connectivity index (χ1n) is 7.38. The zero-order valence-electron chi connectivity index (χ0n) is 13.4. The van der Waals surface area contributed by atoms with E-state index in [0.717, 1.165) is 0 Å². The lowest BCUT2D eigenvalue weighted by atomic mass is 10.0. The molecule has 1 aromatic rings. The fraction of sp³-hybridized carbons (Fsp3) is 0.438. The van der Waals surface area contributed by atoms with Gasteiger partial charge in [0.05, 0.1) is 24.8 Å². The third-order valence-corrected chi connectivity index (χ3v) is 3.67. The van der Waals surface area contributed by atoms with Crippen molar-refractivity contribution in [2.45, 2.75) is 19.4 Å². The molecule has 1 amide bonds. The summed E-state index contributed by atoms with van der Waals surface area (Å²) in [4.78, 5) is 37.3. The van der Waals surface area contributed by atoms with Crippen LogP contribution in [0.15, 0.2) is 18.2 Å². The summed E-state index contributed by atoms with van der Waals surface area (Å²) < 4.78 is 10.2. The molecule has 0 saturated carbocycles. The van der Waals surface area contributed by atoms with Gasteiger partial charge in [0.25, 0.3) is 5.91 Å². The average Bonchev–Trinajstić information content (AvgIpc) is 2.55. The first kappa shape index (κ1) is 17.0. The third kappa shape index (κ3) is 3.68. The number of likely N-dealkylation sites (N-methyl/N-ethyl adjacent to an activating group) is 2. The zero-order chi connectivity index (χ0) is 17.0. The lowest BCUT2D eigenvalue weighted by Crippen LogP contribution is -2.38. The van der Waals surface area contributed by atoms with Crippen molar-refractivity contribution in [3.8, 4) is 5.75 Å². The summed E-state index contributed by atoms with van der Waals surface area (Å²) in [7, 11) is 3.24. The summed E-state index contributed by atoms with van der Waals surface area (Å²) in [5.74, 6) is -0.308. The number of benzene rings is 1. The van der Waals surface area contributed by atoms with Gasteiger partial charge in [0, 0.05) is 12.6 Å². The van der Waals surface area contributed by atoms with Gasteiger partial charge in [0.2, 0.25) is 0 Å². The molecule has 7 nitrogen and oxygen atoms in total. The number of fused-ring (bicyclic) bond motifs is 1. The minimum Gasteiger partial charge on any atom is -0.482 e. The number of hydrogen-bond acceptors (Lipinski definition) is 6. The van der Waals surface area contributed by atoms with E-state index in [4.69, 9.17) is 9.47 Å². The van der Waals surface area contributed by atoms with E-state index in [0.29, 0.717) is 17.0 Å². The first-order chi connectivity index (χ1) is 11.0. The molecule has 0 fully saturated rings. The van der Waals surface area contributed by atoms with Gasteiger partial charge in [-0.2, -0.15) is 0 Å². The molecule has 1 N–H and O–H groups in total. The monoisotopic (exact) mass is 320 g/mol. The van der Waals surface area contributed by atoms with Gasteiger partial charge in [-0.3, -0.25) is 14.4 Å². The SMILES string of the molecule is CCOC(=O)CC(NC)C(=O)c1ccc2c(c1)N(C)C(=O)CO2.